The summed E-state index contributed by atoms with van der Waals surface area (Å²) >= 11 is 3.28. The van der Waals surface area contributed by atoms with Crippen LogP contribution in [0.25, 0.3) is 0 Å². The molecule has 1 N–H and O–H groups in total. The first-order valence-electron chi connectivity index (χ1n) is 5.85. The van der Waals surface area contributed by atoms with Crippen molar-refractivity contribution in [2.24, 2.45) is 0 Å². The van der Waals surface area contributed by atoms with E-state index in [4.69, 9.17) is 0 Å². The first kappa shape index (κ1) is 11.5. The van der Waals surface area contributed by atoms with Crippen LogP contribution in [0.1, 0.15) is 29.4 Å². The van der Waals surface area contributed by atoms with Crippen molar-refractivity contribution in [3.05, 3.63) is 46.8 Å². The van der Waals surface area contributed by atoms with Crippen molar-refractivity contribution in [1.29, 1.82) is 0 Å². The van der Waals surface area contributed by atoms with Gasteiger partial charge in [-0.05, 0) is 53.0 Å². The fourth-order valence-corrected chi connectivity index (χ4v) is 2.26. The van der Waals surface area contributed by atoms with Gasteiger partial charge in [0.2, 0.25) is 0 Å². The second-order valence-corrected chi connectivity index (χ2v) is 5.14. The number of anilines is 1. The second kappa shape index (κ2) is 4.57. The first-order valence-corrected chi connectivity index (χ1v) is 6.64. The summed E-state index contributed by atoms with van der Waals surface area (Å²) < 4.78 is 2.74. The lowest BCUT2D eigenvalue weighted by Gasteiger charge is -2.08. The number of rotatable bonds is 3. The van der Waals surface area contributed by atoms with Gasteiger partial charge in [-0.1, -0.05) is 6.07 Å². The van der Waals surface area contributed by atoms with Gasteiger partial charge < -0.3 is 9.88 Å². The highest BCUT2D eigenvalue weighted by Gasteiger charge is 2.26. The number of nitrogens with one attached hydrogen (secondary N) is 1. The van der Waals surface area contributed by atoms with Crippen LogP contribution in [0.2, 0.25) is 0 Å². The van der Waals surface area contributed by atoms with E-state index in [0.717, 1.165) is 12.8 Å². The Labute approximate surface area is 113 Å². The van der Waals surface area contributed by atoms with Crippen molar-refractivity contribution in [3.63, 3.8) is 0 Å². The number of pyridine rings is 1. The molecule has 1 saturated carbocycles. The topological polar surface area (TPSA) is 46.9 Å². The quantitative estimate of drug-likeness (QED) is 0.885. The lowest BCUT2D eigenvalue weighted by atomic mass is 10.3. The minimum atomic E-state index is -0.113. The highest BCUT2D eigenvalue weighted by Crippen LogP contribution is 2.36. The standard InChI is InChI=1S/C13H12BrN3O/c14-11-4-1-5-12(15-11)16-13(18)10-3-2-8-17(10)9-6-7-9/h1-5,8-9H,6-7H2,(H,15,16,18). The first-order chi connectivity index (χ1) is 8.74. The molecular formula is C13H12BrN3O. The molecule has 0 atom stereocenters. The van der Waals surface area contributed by atoms with E-state index in [1.807, 2.05) is 35.0 Å². The third kappa shape index (κ3) is 2.31. The molecule has 1 aliphatic rings. The molecule has 4 nitrogen and oxygen atoms in total. The molecule has 1 amide bonds. The van der Waals surface area contributed by atoms with Crippen LogP contribution in [0.3, 0.4) is 0 Å². The van der Waals surface area contributed by atoms with E-state index < -0.39 is 0 Å². The number of aromatic nitrogens is 2. The number of carbonyl (C=O) groups is 1. The molecule has 2 aromatic rings. The van der Waals surface area contributed by atoms with E-state index in [9.17, 15) is 4.79 Å². The molecule has 0 aliphatic heterocycles. The fraction of sp³-hybridized carbons (Fsp3) is 0.231. The summed E-state index contributed by atoms with van der Waals surface area (Å²) in [6.45, 7) is 0. The molecule has 92 valence electrons. The summed E-state index contributed by atoms with van der Waals surface area (Å²) in [5.74, 6) is 0.440. The molecule has 0 spiro atoms. The van der Waals surface area contributed by atoms with Gasteiger partial charge in [-0.25, -0.2) is 4.98 Å². The van der Waals surface area contributed by atoms with Crippen LogP contribution in [-0.2, 0) is 0 Å². The number of carbonyl (C=O) groups excluding carboxylic acids is 1. The van der Waals surface area contributed by atoms with Crippen LogP contribution in [0, 0.1) is 0 Å². The molecule has 2 aromatic heterocycles. The summed E-state index contributed by atoms with van der Waals surface area (Å²) in [6.07, 6.45) is 4.27. The predicted molar refractivity (Wildman–Crippen MR) is 72.6 cm³/mol. The Bertz CT molecular complexity index is 589. The van der Waals surface area contributed by atoms with Gasteiger partial charge in [0.05, 0.1) is 0 Å². The average molecular weight is 306 g/mol. The highest BCUT2D eigenvalue weighted by molar-refractivity contribution is 9.10. The molecule has 18 heavy (non-hydrogen) atoms. The fourth-order valence-electron chi connectivity index (χ4n) is 1.92. The van der Waals surface area contributed by atoms with E-state index >= 15 is 0 Å². The van der Waals surface area contributed by atoms with Crippen LogP contribution in [-0.4, -0.2) is 15.5 Å². The van der Waals surface area contributed by atoms with Crippen LogP contribution >= 0.6 is 15.9 Å². The van der Waals surface area contributed by atoms with Gasteiger partial charge in [-0.15, -0.1) is 0 Å². The van der Waals surface area contributed by atoms with Crippen LogP contribution in [0.4, 0.5) is 5.82 Å². The Hall–Kier alpha value is -1.62. The maximum atomic E-state index is 12.2. The number of nitrogens with zero attached hydrogens (tertiary/aromatic N) is 2. The normalized spacial score (nSPS) is 14.5. The van der Waals surface area contributed by atoms with E-state index in [1.165, 1.54) is 0 Å². The lowest BCUT2D eigenvalue weighted by molar-refractivity contribution is 0.101. The largest absolute Gasteiger partial charge is 0.340 e. The van der Waals surface area contributed by atoms with E-state index in [-0.39, 0.29) is 5.91 Å². The molecule has 0 bridgehead atoms. The van der Waals surface area contributed by atoms with Gasteiger partial charge in [0.15, 0.2) is 0 Å². The number of amides is 1. The minimum Gasteiger partial charge on any atom is -0.340 e. The van der Waals surface area contributed by atoms with Gasteiger partial charge in [-0.2, -0.15) is 0 Å². The summed E-state index contributed by atoms with van der Waals surface area (Å²) in [6, 6.07) is 9.67. The summed E-state index contributed by atoms with van der Waals surface area (Å²) in [4.78, 5) is 16.3. The van der Waals surface area contributed by atoms with Gasteiger partial charge in [-0.3, -0.25) is 4.79 Å². The average Bonchev–Trinajstić information content (AvgIpc) is 3.06. The Morgan fingerprint density at radius 3 is 2.89 bits per heavy atom. The summed E-state index contributed by atoms with van der Waals surface area (Å²) in [7, 11) is 0. The molecule has 3 rings (SSSR count). The molecular weight excluding hydrogens is 294 g/mol. The highest BCUT2D eigenvalue weighted by atomic mass is 79.9. The zero-order chi connectivity index (χ0) is 12.5. The van der Waals surface area contributed by atoms with Crippen molar-refractivity contribution in [2.45, 2.75) is 18.9 Å². The van der Waals surface area contributed by atoms with Gasteiger partial charge in [0.25, 0.3) is 5.91 Å². The van der Waals surface area contributed by atoms with Crippen molar-refractivity contribution >= 4 is 27.7 Å². The van der Waals surface area contributed by atoms with E-state index in [1.54, 1.807) is 6.07 Å². The van der Waals surface area contributed by atoms with Gasteiger partial charge in [0.1, 0.15) is 16.1 Å². The summed E-state index contributed by atoms with van der Waals surface area (Å²) in [5.41, 5.74) is 0.694. The van der Waals surface area contributed by atoms with Crippen molar-refractivity contribution < 1.29 is 4.79 Å². The van der Waals surface area contributed by atoms with Crippen LogP contribution in [0.5, 0.6) is 0 Å². The second-order valence-electron chi connectivity index (χ2n) is 4.33. The number of halogens is 1. The van der Waals surface area contributed by atoms with E-state index in [2.05, 4.69) is 26.2 Å². The Balaban J connectivity index is 1.80. The predicted octanol–water partition coefficient (Wildman–Crippen LogP) is 3.23. The smallest absolute Gasteiger partial charge is 0.273 e. The monoisotopic (exact) mass is 305 g/mol. The SMILES string of the molecule is O=C(Nc1cccc(Br)n1)c1cccn1C1CC1. The molecule has 0 saturated heterocycles. The van der Waals surface area contributed by atoms with Crippen molar-refractivity contribution in [1.82, 2.24) is 9.55 Å². The Morgan fingerprint density at radius 2 is 2.17 bits per heavy atom. The summed E-state index contributed by atoms with van der Waals surface area (Å²) in [5, 5.41) is 2.81. The number of hydrogen-bond acceptors (Lipinski definition) is 2. The zero-order valence-corrected chi connectivity index (χ0v) is 11.2. The third-order valence-corrected chi connectivity index (χ3v) is 3.35. The van der Waals surface area contributed by atoms with Gasteiger partial charge in [0, 0.05) is 12.2 Å². The molecule has 2 heterocycles. The minimum absolute atomic E-state index is 0.113. The Morgan fingerprint density at radius 1 is 1.33 bits per heavy atom. The molecule has 0 aromatic carbocycles. The zero-order valence-electron chi connectivity index (χ0n) is 9.64. The Kier molecular flexibility index (Phi) is 2.91. The van der Waals surface area contributed by atoms with Crippen molar-refractivity contribution in [2.75, 3.05) is 5.32 Å². The molecule has 1 fully saturated rings. The maximum absolute atomic E-state index is 12.2. The van der Waals surface area contributed by atoms with Crippen LogP contribution in [0.15, 0.2) is 41.1 Å². The lowest BCUT2D eigenvalue weighted by Crippen LogP contribution is -2.17. The molecule has 5 heteroatoms. The van der Waals surface area contributed by atoms with Gasteiger partial charge >= 0.3 is 0 Å². The molecule has 0 radical (unpaired) electrons. The maximum Gasteiger partial charge on any atom is 0.273 e. The van der Waals surface area contributed by atoms with E-state index in [0.29, 0.717) is 22.2 Å². The number of hydrogen-bond donors (Lipinski definition) is 1. The molecule has 1 aliphatic carbocycles. The van der Waals surface area contributed by atoms with Crippen LogP contribution < -0.4 is 5.32 Å². The van der Waals surface area contributed by atoms with Crippen molar-refractivity contribution in [3.8, 4) is 0 Å². The molecule has 0 unspecified atom stereocenters. The third-order valence-electron chi connectivity index (χ3n) is 2.91.